The fraction of sp³-hybridized carbons (Fsp3) is 0.0968. The van der Waals surface area contributed by atoms with Gasteiger partial charge in [0.15, 0.2) is 0 Å². The Hall–Kier alpha value is -5.14. The highest BCUT2D eigenvalue weighted by Crippen LogP contribution is 2.56. The number of fused-ring (bicyclic) bond motifs is 3. The van der Waals surface area contributed by atoms with Crippen molar-refractivity contribution in [3.63, 3.8) is 0 Å². The Morgan fingerprint density at radius 2 is 1.34 bits per heavy atom. The average molecular weight is 500 g/mol. The molecule has 4 aromatic carbocycles. The lowest BCUT2D eigenvalue weighted by molar-refractivity contribution is 0.459. The first-order valence-electron chi connectivity index (χ1n) is 11.9. The van der Waals surface area contributed by atoms with Gasteiger partial charge in [-0.2, -0.15) is 14.0 Å². The molecule has 182 valence electrons. The van der Waals surface area contributed by atoms with Crippen molar-refractivity contribution < 1.29 is 8.78 Å². The summed E-state index contributed by atoms with van der Waals surface area (Å²) >= 11 is 0. The molecule has 2 heterocycles. The average Bonchev–Trinajstić information content (AvgIpc) is 2.94. The van der Waals surface area contributed by atoms with Gasteiger partial charge in [-0.1, -0.05) is 80.6 Å². The van der Waals surface area contributed by atoms with Crippen molar-refractivity contribution in [1.82, 2.24) is 9.97 Å². The van der Waals surface area contributed by atoms with Gasteiger partial charge in [-0.15, -0.1) is 0 Å². The van der Waals surface area contributed by atoms with Crippen LogP contribution in [0.25, 0.3) is 27.0 Å². The second kappa shape index (κ2) is 8.47. The van der Waals surface area contributed by atoms with Crippen LogP contribution in [0.2, 0.25) is 0 Å². The maximum absolute atomic E-state index is 14.8. The fourth-order valence-corrected chi connectivity index (χ4v) is 5.43. The number of halogens is 2. The van der Waals surface area contributed by atoms with Crippen molar-refractivity contribution in [3.05, 3.63) is 119 Å². The quantitative estimate of drug-likeness (QED) is 0.230. The number of benzene rings is 4. The zero-order valence-corrected chi connectivity index (χ0v) is 20.5. The molecule has 5 aromatic rings. The van der Waals surface area contributed by atoms with E-state index in [4.69, 9.17) is 6.57 Å². The lowest BCUT2D eigenvalue weighted by Gasteiger charge is -2.42. The Balaban J connectivity index is 1.84. The SMILES string of the molecule is [C-]#[N+]c1c(C#N)c(-c2ccccc2)c2nc(F)c(F)nc2c1N1c2ccccc2C(C)(C)c2ccccc21. The predicted molar refractivity (Wildman–Crippen MR) is 143 cm³/mol. The third kappa shape index (κ3) is 3.19. The van der Waals surface area contributed by atoms with E-state index in [0.717, 1.165) is 22.5 Å². The minimum absolute atomic E-state index is 0.00272. The molecule has 7 heteroatoms. The van der Waals surface area contributed by atoms with E-state index in [2.05, 4.69) is 34.7 Å². The Bertz CT molecular complexity index is 1800. The van der Waals surface area contributed by atoms with Crippen LogP contribution in [-0.4, -0.2) is 9.97 Å². The second-order valence-electron chi connectivity index (χ2n) is 9.53. The van der Waals surface area contributed by atoms with E-state index >= 15 is 0 Å². The molecule has 0 atom stereocenters. The Morgan fingerprint density at radius 3 is 1.89 bits per heavy atom. The third-order valence-corrected chi connectivity index (χ3v) is 7.13. The van der Waals surface area contributed by atoms with E-state index in [0.29, 0.717) is 5.56 Å². The van der Waals surface area contributed by atoms with E-state index in [1.807, 2.05) is 53.4 Å². The van der Waals surface area contributed by atoms with Gasteiger partial charge in [-0.3, -0.25) is 0 Å². The minimum atomic E-state index is -1.38. The zero-order chi connectivity index (χ0) is 26.6. The molecule has 0 saturated carbocycles. The number of anilines is 3. The molecule has 38 heavy (non-hydrogen) atoms. The molecule has 0 unspecified atom stereocenters. The molecule has 6 rings (SSSR count). The topological polar surface area (TPSA) is 57.2 Å². The number of hydrogen-bond acceptors (Lipinski definition) is 4. The summed E-state index contributed by atoms with van der Waals surface area (Å²) in [5.41, 5.74) is 4.07. The summed E-state index contributed by atoms with van der Waals surface area (Å²) < 4.78 is 29.4. The fourth-order valence-electron chi connectivity index (χ4n) is 5.43. The van der Waals surface area contributed by atoms with Crippen LogP contribution < -0.4 is 4.90 Å². The molecule has 0 saturated heterocycles. The molecule has 0 spiro atoms. The molecular weight excluding hydrogens is 480 g/mol. The minimum Gasteiger partial charge on any atom is -0.317 e. The van der Waals surface area contributed by atoms with Gasteiger partial charge >= 0.3 is 0 Å². The standard InChI is InChI=1S/C31H19F2N5/c1-31(2)20-13-7-9-15-22(20)38(23-16-10-8-14-21(23)31)28-25(35-3)19(17-34)24(18-11-5-4-6-12-18)26-27(28)37-30(33)29(32)36-26/h4-16H,1-2H3. The molecule has 0 fully saturated rings. The largest absolute Gasteiger partial charge is 0.317 e. The lowest BCUT2D eigenvalue weighted by atomic mass is 9.73. The normalized spacial score (nSPS) is 13.4. The van der Waals surface area contributed by atoms with Crippen LogP contribution in [0.1, 0.15) is 30.5 Å². The van der Waals surface area contributed by atoms with Gasteiger partial charge < -0.3 is 4.90 Å². The first kappa shape index (κ1) is 23.3. The van der Waals surface area contributed by atoms with Crippen molar-refractivity contribution in [1.29, 1.82) is 5.26 Å². The van der Waals surface area contributed by atoms with Gasteiger partial charge in [0, 0.05) is 22.4 Å². The van der Waals surface area contributed by atoms with E-state index in [9.17, 15) is 14.0 Å². The maximum Gasteiger partial charge on any atom is 0.269 e. The number of rotatable bonds is 2. The molecule has 0 amide bonds. The summed E-state index contributed by atoms with van der Waals surface area (Å²) in [6.07, 6.45) is 0. The predicted octanol–water partition coefficient (Wildman–Crippen LogP) is 8.11. The molecule has 1 aliphatic rings. The van der Waals surface area contributed by atoms with Crippen LogP contribution in [0.5, 0.6) is 0 Å². The van der Waals surface area contributed by atoms with Crippen LogP contribution in [0, 0.1) is 29.8 Å². The number of nitriles is 1. The highest BCUT2D eigenvalue weighted by molar-refractivity contribution is 6.11. The van der Waals surface area contributed by atoms with Gasteiger partial charge in [-0.25, -0.2) is 14.8 Å². The van der Waals surface area contributed by atoms with Crippen LogP contribution in [0.4, 0.5) is 31.5 Å². The van der Waals surface area contributed by atoms with Crippen LogP contribution >= 0.6 is 0 Å². The van der Waals surface area contributed by atoms with E-state index in [1.165, 1.54) is 0 Å². The molecule has 1 aromatic heterocycles. The lowest BCUT2D eigenvalue weighted by Crippen LogP contribution is -2.30. The first-order valence-corrected chi connectivity index (χ1v) is 11.9. The maximum atomic E-state index is 14.8. The van der Waals surface area contributed by atoms with Gasteiger partial charge in [0.25, 0.3) is 11.9 Å². The van der Waals surface area contributed by atoms with Gasteiger partial charge in [0.2, 0.25) is 5.69 Å². The molecule has 0 N–H and O–H groups in total. The van der Waals surface area contributed by atoms with Crippen LogP contribution in [-0.2, 0) is 5.41 Å². The summed E-state index contributed by atoms with van der Waals surface area (Å²) in [4.78, 5) is 13.6. The van der Waals surface area contributed by atoms with Gasteiger partial charge in [-0.05, 0) is 28.8 Å². The number of aromatic nitrogens is 2. The van der Waals surface area contributed by atoms with E-state index < -0.39 is 11.9 Å². The zero-order valence-electron chi connectivity index (χ0n) is 20.5. The summed E-state index contributed by atoms with van der Waals surface area (Å²) in [6.45, 7) is 12.4. The second-order valence-corrected chi connectivity index (χ2v) is 9.53. The van der Waals surface area contributed by atoms with Crippen molar-refractivity contribution in [2.24, 2.45) is 0 Å². The van der Waals surface area contributed by atoms with Gasteiger partial charge in [0.1, 0.15) is 11.0 Å². The van der Waals surface area contributed by atoms with Crippen LogP contribution in [0.3, 0.4) is 0 Å². The molecular formula is C31H19F2N5. The molecule has 5 nitrogen and oxygen atoms in total. The van der Waals surface area contributed by atoms with Crippen LogP contribution in [0.15, 0.2) is 78.9 Å². The molecule has 0 aliphatic carbocycles. The Labute approximate surface area is 218 Å². The highest BCUT2D eigenvalue weighted by Gasteiger charge is 2.39. The molecule has 1 aliphatic heterocycles. The molecule has 0 bridgehead atoms. The Morgan fingerprint density at radius 1 is 0.816 bits per heavy atom. The number of para-hydroxylation sites is 2. The van der Waals surface area contributed by atoms with Gasteiger partial charge in [0.05, 0.1) is 23.9 Å². The smallest absolute Gasteiger partial charge is 0.269 e. The summed E-state index contributed by atoms with van der Waals surface area (Å²) in [6, 6.07) is 26.4. The van der Waals surface area contributed by atoms with Crippen molar-refractivity contribution >= 4 is 33.8 Å². The summed E-state index contributed by atoms with van der Waals surface area (Å²) in [5.74, 6) is -2.75. The number of nitrogens with zero attached hydrogens (tertiary/aromatic N) is 5. The van der Waals surface area contributed by atoms with E-state index in [1.54, 1.807) is 30.3 Å². The van der Waals surface area contributed by atoms with Crippen molar-refractivity contribution in [2.75, 3.05) is 4.90 Å². The van der Waals surface area contributed by atoms with Crippen molar-refractivity contribution in [3.8, 4) is 17.2 Å². The number of hydrogen-bond donors (Lipinski definition) is 0. The van der Waals surface area contributed by atoms with E-state index in [-0.39, 0.29) is 39.0 Å². The highest BCUT2D eigenvalue weighted by atomic mass is 19.2. The Kier molecular flexibility index (Phi) is 5.19. The third-order valence-electron chi connectivity index (χ3n) is 7.13. The summed E-state index contributed by atoms with van der Waals surface area (Å²) in [7, 11) is 0. The first-order chi connectivity index (χ1) is 18.4. The monoisotopic (exact) mass is 499 g/mol. The molecule has 0 radical (unpaired) electrons. The van der Waals surface area contributed by atoms with Crippen molar-refractivity contribution in [2.45, 2.75) is 19.3 Å². The summed E-state index contributed by atoms with van der Waals surface area (Å²) in [5, 5.41) is 10.3.